The molecule has 0 unspecified atom stereocenters. The molecule has 120 valence electrons. The number of aromatic carboxylic acids is 1. The van der Waals surface area contributed by atoms with Gasteiger partial charge in [0.05, 0.1) is 22.7 Å². The number of benzene rings is 2. The minimum atomic E-state index is -1.03. The van der Waals surface area contributed by atoms with Crippen LogP contribution in [-0.4, -0.2) is 24.1 Å². The minimum absolute atomic E-state index is 0.149. The number of halogens is 2. The molecule has 2 N–H and O–H groups in total. The van der Waals surface area contributed by atoms with Crippen molar-refractivity contribution >= 4 is 40.8 Å². The van der Waals surface area contributed by atoms with Crippen LogP contribution in [0.2, 0.25) is 10.0 Å². The molecule has 0 aliphatic carbocycles. The zero-order valence-corrected chi connectivity index (χ0v) is 13.8. The Bertz CT molecular complexity index is 767. The molecule has 5 nitrogen and oxygen atoms in total. The molecule has 0 saturated heterocycles. The van der Waals surface area contributed by atoms with E-state index >= 15 is 0 Å². The van der Waals surface area contributed by atoms with Crippen molar-refractivity contribution in [3.63, 3.8) is 0 Å². The Balaban J connectivity index is 2.28. The largest absolute Gasteiger partial charge is 0.494 e. The quantitative estimate of drug-likeness (QED) is 0.860. The minimum Gasteiger partial charge on any atom is -0.494 e. The van der Waals surface area contributed by atoms with Gasteiger partial charge in [-0.3, -0.25) is 4.79 Å². The van der Waals surface area contributed by atoms with Crippen LogP contribution in [-0.2, 0) is 0 Å². The third-order valence-corrected chi connectivity index (χ3v) is 3.75. The molecular weight excluding hydrogens is 341 g/mol. The Kier molecular flexibility index (Phi) is 5.13. The Morgan fingerprint density at radius 1 is 1.09 bits per heavy atom. The highest BCUT2D eigenvalue weighted by molar-refractivity contribution is 6.37. The van der Waals surface area contributed by atoms with Crippen LogP contribution in [0.25, 0.3) is 0 Å². The Morgan fingerprint density at radius 3 is 2.17 bits per heavy atom. The van der Waals surface area contributed by atoms with Gasteiger partial charge in [-0.15, -0.1) is 0 Å². The highest BCUT2D eigenvalue weighted by atomic mass is 35.5. The van der Waals surface area contributed by atoms with Gasteiger partial charge in [0.15, 0.2) is 5.75 Å². The molecule has 0 atom stereocenters. The van der Waals surface area contributed by atoms with Gasteiger partial charge < -0.3 is 15.2 Å². The second-order valence-corrected chi connectivity index (χ2v) is 5.58. The van der Waals surface area contributed by atoms with Crippen LogP contribution in [0.4, 0.5) is 5.69 Å². The topological polar surface area (TPSA) is 75.6 Å². The van der Waals surface area contributed by atoms with Crippen LogP contribution in [0.5, 0.6) is 5.75 Å². The smallest absolute Gasteiger partial charge is 0.335 e. The predicted molar refractivity (Wildman–Crippen MR) is 89.1 cm³/mol. The van der Waals surface area contributed by atoms with E-state index in [-0.39, 0.29) is 21.2 Å². The molecule has 0 bridgehead atoms. The molecule has 0 saturated carbocycles. The van der Waals surface area contributed by atoms with Gasteiger partial charge >= 0.3 is 5.97 Å². The molecule has 2 aromatic rings. The zero-order chi connectivity index (χ0) is 17.1. The van der Waals surface area contributed by atoms with E-state index in [0.717, 1.165) is 0 Å². The first-order valence-corrected chi connectivity index (χ1v) is 7.27. The summed E-state index contributed by atoms with van der Waals surface area (Å²) in [6.07, 6.45) is 0. The molecule has 23 heavy (non-hydrogen) atoms. The van der Waals surface area contributed by atoms with Crippen molar-refractivity contribution in [1.29, 1.82) is 0 Å². The number of methoxy groups -OCH3 is 1. The third kappa shape index (κ3) is 3.75. The highest BCUT2D eigenvalue weighted by Gasteiger charge is 2.15. The number of ether oxygens (including phenoxy) is 1. The van der Waals surface area contributed by atoms with Gasteiger partial charge in [0, 0.05) is 11.3 Å². The van der Waals surface area contributed by atoms with Crippen LogP contribution in [0.1, 0.15) is 26.3 Å². The predicted octanol–water partition coefficient (Wildman–Crippen LogP) is 4.26. The molecule has 2 aromatic carbocycles. The fraction of sp³-hybridized carbons (Fsp3) is 0.125. The summed E-state index contributed by atoms with van der Waals surface area (Å²) in [4.78, 5) is 23.2. The standard InChI is InChI=1S/C16H13Cl2NO4/c1-8-5-9(16(21)22)3-4-13(8)19-15(20)10-6-11(17)14(23-2)12(18)7-10/h3-7H,1-2H3,(H,19,20)(H,21,22). The number of carbonyl (C=O) groups is 2. The zero-order valence-electron chi connectivity index (χ0n) is 12.3. The van der Waals surface area contributed by atoms with E-state index in [4.69, 9.17) is 33.0 Å². The second-order valence-electron chi connectivity index (χ2n) is 4.76. The van der Waals surface area contributed by atoms with Gasteiger partial charge in [0.1, 0.15) is 0 Å². The Labute approximate surface area is 142 Å². The van der Waals surface area contributed by atoms with Crippen molar-refractivity contribution in [2.45, 2.75) is 6.92 Å². The number of carbonyl (C=O) groups excluding carboxylic acids is 1. The van der Waals surface area contributed by atoms with Gasteiger partial charge in [-0.2, -0.15) is 0 Å². The molecule has 2 rings (SSSR count). The Morgan fingerprint density at radius 2 is 1.70 bits per heavy atom. The van der Waals surface area contributed by atoms with Crippen molar-refractivity contribution in [1.82, 2.24) is 0 Å². The van der Waals surface area contributed by atoms with Gasteiger partial charge in [0.25, 0.3) is 5.91 Å². The number of hydrogen-bond acceptors (Lipinski definition) is 3. The maximum Gasteiger partial charge on any atom is 0.335 e. The van der Waals surface area contributed by atoms with E-state index < -0.39 is 11.9 Å². The van der Waals surface area contributed by atoms with Crippen molar-refractivity contribution in [3.8, 4) is 5.75 Å². The summed E-state index contributed by atoms with van der Waals surface area (Å²) >= 11 is 12.0. The molecule has 7 heteroatoms. The number of hydrogen-bond donors (Lipinski definition) is 2. The molecule has 0 radical (unpaired) electrons. The van der Waals surface area contributed by atoms with E-state index in [9.17, 15) is 9.59 Å². The molecular formula is C16H13Cl2NO4. The molecule has 0 aliphatic heterocycles. The number of carboxylic acids is 1. The molecule has 1 amide bonds. The highest BCUT2D eigenvalue weighted by Crippen LogP contribution is 2.34. The summed E-state index contributed by atoms with van der Waals surface area (Å²) in [5, 5.41) is 12.1. The SMILES string of the molecule is COc1c(Cl)cc(C(=O)Nc2ccc(C(=O)O)cc2C)cc1Cl. The average Bonchev–Trinajstić information content (AvgIpc) is 2.48. The van der Waals surface area contributed by atoms with Crippen molar-refractivity contribution in [2.24, 2.45) is 0 Å². The number of aryl methyl sites for hydroxylation is 1. The summed E-state index contributed by atoms with van der Waals surface area (Å²) in [5.74, 6) is -1.14. The fourth-order valence-corrected chi connectivity index (χ4v) is 2.66. The fourth-order valence-electron chi connectivity index (χ4n) is 2.02. The summed E-state index contributed by atoms with van der Waals surface area (Å²) in [5.41, 5.74) is 1.55. The third-order valence-electron chi connectivity index (χ3n) is 3.19. The van der Waals surface area contributed by atoms with Crippen LogP contribution in [0.15, 0.2) is 30.3 Å². The lowest BCUT2D eigenvalue weighted by atomic mass is 10.1. The van der Waals surface area contributed by atoms with Crippen LogP contribution >= 0.6 is 23.2 Å². The van der Waals surface area contributed by atoms with Crippen molar-refractivity contribution in [3.05, 3.63) is 57.1 Å². The van der Waals surface area contributed by atoms with Crippen molar-refractivity contribution < 1.29 is 19.4 Å². The summed E-state index contributed by atoms with van der Waals surface area (Å²) in [6, 6.07) is 7.32. The first-order chi connectivity index (χ1) is 10.8. The number of nitrogens with one attached hydrogen (secondary N) is 1. The number of anilines is 1. The molecule has 0 fully saturated rings. The lowest BCUT2D eigenvalue weighted by molar-refractivity contribution is 0.0696. The van der Waals surface area contributed by atoms with E-state index in [1.54, 1.807) is 6.92 Å². The first-order valence-electron chi connectivity index (χ1n) is 6.51. The molecule has 0 aromatic heterocycles. The molecule has 0 spiro atoms. The van der Waals surface area contributed by atoms with E-state index in [1.165, 1.54) is 37.4 Å². The van der Waals surface area contributed by atoms with Gasteiger partial charge in [-0.25, -0.2) is 4.79 Å². The Hall–Kier alpha value is -2.24. The average molecular weight is 354 g/mol. The first kappa shape index (κ1) is 17.1. The lowest BCUT2D eigenvalue weighted by Gasteiger charge is -2.11. The normalized spacial score (nSPS) is 10.3. The second kappa shape index (κ2) is 6.89. The number of carboxylic acid groups (broad SMARTS) is 1. The number of amides is 1. The summed E-state index contributed by atoms with van der Waals surface area (Å²) in [7, 11) is 1.43. The van der Waals surface area contributed by atoms with E-state index in [2.05, 4.69) is 5.32 Å². The van der Waals surface area contributed by atoms with E-state index in [1.807, 2.05) is 0 Å². The number of rotatable bonds is 4. The maximum atomic E-state index is 12.3. The van der Waals surface area contributed by atoms with E-state index in [0.29, 0.717) is 17.0 Å². The van der Waals surface area contributed by atoms with Gasteiger partial charge in [0.2, 0.25) is 0 Å². The van der Waals surface area contributed by atoms with Gasteiger partial charge in [-0.1, -0.05) is 23.2 Å². The maximum absolute atomic E-state index is 12.3. The molecule has 0 aliphatic rings. The van der Waals surface area contributed by atoms with Gasteiger partial charge in [-0.05, 0) is 42.8 Å². The van der Waals surface area contributed by atoms with Crippen LogP contribution in [0.3, 0.4) is 0 Å². The summed E-state index contributed by atoms with van der Waals surface area (Å²) < 4.78 is 5.03. The van der Waals surface area contributed by atoms with Crippen molar-refractivity contribution in [2.75, 3.05) is 12.4 Å². The van der Waals surface area contributed by atoms with Crippen LogP contribution in [0, 0.1) is 6.92 Å². The summed E-state index contributed by atoms with van der Waals surface area (Å²) in [6.45, 7) is 1.70. The van der Waals surface area contributed by atoms with Crippen LogP contribution < -0.4 is 10.1 Å². The molecule has 0 heterocycles. The lowest BCUT2D eigenvalue weighted by Crippen LogP contribution is -2.13. The monoisotopic (exact) mass is 353 g/mol.